The number of fused-ring (bicyclic) bond motifs is 1. The lowest BCUT2D eigenvalue weighted by atomic mass is 10.2. The summed E-state index contributed by atoms with van der Waals surface area (Å²) < 4.78 is 12.0. The predicted molar refractivity (Wildman–Crippen MR) is 90.0 cm³/mol. The maximum absolute atomic E-state index is 11.9. The van der Waals surface area contributed by atoms with E-state index in [1.54, 1.807) is 19.2 Å². The molecule has 6 nitrogen and oxygen atoms in total. The van der Waals surface area contributed by atoms with Crippen molar-refractivity contribution in [2.45, 2.75) is 13.5 Å². The minimum absolute atomic E-state index is 0.0495. The van der Waals surface area contributed by atoms with E-state index in [0.717, 1.165) is 16.6 Å². The molecule has 1 heterocycles. The van der Waals surface area contributed by atoms with Gasteiger partial charge in [-0.1, -0.05) is 18.2 Å². The van der Waals surface area contributed by atoms with Crippen LogP contribution in [-0.4, -0.2) is 17.1 Å². The van der Waals surface area contributed by atoms with Crippen LogP contribution in [0.2, 0.25) is 0 Å². The highest BCUT2D eigenvalue weighted by atomic mass is 16.5. The Morgan fingerprint density at radius 2 is 2.08 bits per heavy atom. The average molecular weight is 326 g/mol. The third-order valence-electron chi connectivity index (χ3n) is 3.71. The Balaban J connectivity index is 1.57. The van der Waals surface area contributed by atoms with Crippen molar-refractivity contribution < 1.29 is 13.9 Å². The molecule has 0 unspecified atom stereocenters. The van der Waals surface area contributed by atoms with Crippen LogP contribution in [0.4, 0.5) is 0 Å². The number of aromatic nitrogens is 1. The second-order valence-corrected chi connectivity index (χ2v) is 5.61. The number of carbonyl (C=O) groups is 1. The molecule has 3 rings (SSSR count). The summed E-state index contributed by atoms with van der Waals surface area (Å²) >= 11 is 0. The van der Waals surface area contributed by atoms with E-state index < -0.39 is 5.76 Å². The van der Waals surface area contributed by atoms with E-state index in [4.69, 9.17) is 9.15 Å². The smallest absolute Gasteiger partial charge is 0.419 e. The van der Waals surface area contributed by atoms with Crippen LogP contribution >= 0.6 is 0 Å². The van der Waals surface area contributed by atoms with Gasteiger partial charge >= 0.3 is 5.76 Å². The number of carbonyl (C=O) groups excluding carboxylic acids is 1. The van der Waals surface area contributed by atoms with Crippen molar-refractivity contribution in [3.8, 4) is 5.75 Å². The molecule has 0 spiro atoms. The molecule has 0 saturated heterocycles. The van der Waals surface area contributed by atoms with Gasteiger partial charge in [0.2, 0.25) is 0 Å². The molecule has 0 aliphatic rings. The van der Waals surface area contributed by atoms with Gasteiger partial charge in [-0.15, -0.1) is 0 Å². The number of nitrogens with zero attached hydrogens (tertiary/aromatic N) is 1. The molecular weight excluding hydrogens is 308 g/mol. The normalized spacial score (nSPS) is 10.8. The summed E-state index contributed by atoms with van der Waals surface area (Å²) in [5.41, 5.74) is 3.15. The van der Waals surface area contributed by atoms with Crippen LogP contribution in [0.25, 0.3) is 11.1 Å². The number of rotatable bonds is 5. The highest BCUT2D eigenvalue weighted by molar-refractivity contribution is 5.78. The summed E-state index contributed by atoms with van der Waals surface area (Å²) in [4.78, 5) is 23.4. The van der Waals surface area contributed by atoms with Crippen molar-refractivity contribution in [2.24, 2.45) is 7.05 Å². The minimum Gasteiger partial charge on any atom is -0.484 e. The maximum atomic E-state index is 11.9. The fraction of sp³-hybridized carbons (Fsp3) is 0.222. The summed E-state index contributed by atoms with van der Waals surface area (Å²) in [6.45, 7) is 2.25. The van der Waals surface area contributed by atoms with Crippen LogP contribution < -0.4 is 15.8 Å². The van der Waals surface area contributed by atoms with E-state index in [1.165, 1.54) is 4.57 Å². The van der Waals surface area contributed by atoms with Gasteiger partial charge in [0.15, 0.2) is 12.2 Å². The first kappa shape index (κ1) is 15.9. The second-order valence-electron chi connectivity index (χ2n) is 5.61. The molecule has 0 aliphatic carbocycles. The van der Waals surface area contributed by atoms with Gasteiger partial charge in [0, 0.05) is 13.6 Å². The Labute approximate surface area is 138 Å². The molecule has 0 fully saturated rings. The first-order valence-electron chi connectivity index (χ1n) is 7.57. The number of hydrogen-bond donors (Lipinski definition) is 1. The fourth-order valence-corrected chi connectivity index (χ4v) is 2.39. The SMILES string of the molecule is Cc1cccc(OCC(=O)NCc2ccc3c(c2)oc(=O)n3C)c1. The van der Waals surface area contributed by atoms with Gasteiger partial charge in [-0.25, -0.2) is 4.79 Å². The van der Waals surface area contributed by atoms with Crippen molar-refractivity contribution in [3.05, 3.63) is 64.1 Å². The molecule has 0 atom stereocenters. The van der Waals surface area contributed by atoms with Crippen LogP contribution in [0.5, 0.6) is 5.75 Å². The Bertz CT molecular complexity index is 940. The van der Waals surface area contributed by atoms with E-state index in [0.29, 0.717) is 17.9 Å². The lowest BCUT2D eigenvalue weighted by Gasteiger charge is -2.08. The highest BCUT2D eigenvalue weighted by Crippen LogP contribution is 2.14. The molecule has 0 aliphatic heterocycles. The molecule has 124 valence electrons. The minimum atomic E-state index is -0.405. The lowest BCUT2D eigenvalue weighted by molar-refractivity contribution is -0.123. The van der Waals surface area contributed by atoms with Crippen LogP contribution in [0.15, 0.2) is 51.7 Å². The largest absolute Gasteiger partial charge is 0.484 e. The zero-order valence-electron chi connectivity index (χ0n) is 13.5. The van der Waals surface area contributed by atoms with Gasteiger partial charge in [-0.2, -0.15) is 0 Å². The lowest BCUT2D eigenvalue weighted by Crippen LogP contribution is -2.28. The van der Waals surface area contributed by atoms with E-state index in [-0.39, 0.29) is 12.5 Å². The van der Waals surface area contributed by atoms with Crippen molar-refractivity contribution in [1.82, 2.24) is 9.88 Å². The molecule has 1 aromatic heterocycles. The molecule has 0 bridgehead atoms. The summed E-state index contributed by atoms with van der Waals surface area (Å²) in [5, 5.41) is 2.78. The number of oxazole rings is 1. The molecule has 6 heteroatoms. The Hall–Kier alpha value is -3.02. The zero-order chi connectivity index (χ0) is 17.1. The summed E-state index contributed by atoms with van der Waals surface area (Å²) in [7, 11) is 1.65. The first-order chi connectivity index (χ1) is 11.5. The topological polar surface area (TPSA) is 73.5 Å². The molecule has 3 aromatic rings. The number of hydrogen-bond acceptors (Lipinski definition) is 4. The van der Waals surface area contributed by atoms with Crippen LogP contribution in [0.3, 0.4) is 0 Å². The van der Waals surface area contributed by atoms with Gasteiger partial charge < -0.3 is 14.5 Å². The Kier molecular flexibility index (Phi) is 4.37. The van der Waals surface area contributed by atoms with E-state index in [1.807, 2.05) is 37.3 Å². The van der Waals surface area contributed by atoms with E-state index >= 15 is 0 Å². The van der Waals surface area contributed by atoms with Gasteiger partial charge in [0.1, 0.15) is 5.75 Å². The van der Waals surface area contributed by atoms with Gasteiger partial charge in [-0.05, 0) is 42.3 Å². The molecule has 0 radical (unpaired) electrons. The van der Waals surface area contributed by atoms with Crippen molar-refractivity contribution >= 4 is 17.0 Å². The second kappa shape index (κ2) is 6.62. The van der Waals surface area contributed by atoms with E-state index in [2.05, 4.69) is 5.32 Å². The molecule has 1 N–H and O–H groups in total. The van der Waals surface area contributed by atoms with Crippen molar-refractivity contribution in [3.63, 3.8) is 0 Å². The number of benzene rings is 2. The molecule has 1 amide bonds. The molecule has 0 saturated carbocycles. The number of amides is 1. The number of ether oxygens (including phenoxy) is 1. The summed E-state index contributed by atoms with van der Waals surface area (Å²) in [5.74, 6) is 0.0430. The molecule has 2 aromatic carbocycles. The quantitative estimate of drug-likeness (QED) is 0.779. The van der Waals surface area contributed by atoms with Gasteiger partial charge in [0.25, 0.3) is 5.91 Å². The van der Waals surface area contributed by atoms with Crippen LogP contribution in [0.1, 0.15) is 11.1 Å². The third kappa shape index (κ3) is 3.48. The van der Waals surface area contributed by atoms with Crippen LogP contribution in [0, 0.1) is 6.92 Å². The summed E-state index contributed by atoms with van der Waals surface area (Å²) in [6, 6.07) is 12.9. The number of nitrogens with one attached hydrogen (secondary N) is 1. The van der Waals surface area contributed by atoms with Crippen LogP contribution in [-0.2, 0) is 18.4 Å². The molecular formula is C18H18N2O4. The monoisotopic (exact) mass is 326 g/mol. The maximum Gasteiger partial charge on any atom is 0.419 e. The Morgan fingerprint density at radius 3 is 2.88 bits per heavy atom. The first-order valence-corrected chi connectivity index (χ1v) is 7.57. The fourth-order valence-electron chi connectivity index (χ4n) is 2.39. The van der Waals surface area contributed by atoms with Crippen molar-refractivity contribution in [2.75, 3.05) is 6.61 Å². The number of aryl methyl sites for hydroxylation is 2. The highest BCUT2D eigenvalue weighted by Gasteiger charge is 2.08. The standard InChI is InChI=1S/C18H18N2O4/c1-12-4-3-5-14(8-12)23-11-17(21)19-10-13-6-7-15-16(9-13)24-18(22)20(15)2/h3-9H,10-11H2,1-2H3,(H,19,21). The predicted octanol–water partition coefficient (Wildman–Crippen LogP) is 2.14. The third-order valence-corrected chi connectivity index (χ3v) is 3.71. The zero-order valence-corrected chi connectivity index (χ0v) is 13.5. The van der Waals surface area contributed by atoms with Gasteiger partial charge in [-0.3, -0.25) is 9.36 Å². The summed E-state index contributed by atoms with van der Waals surface area (Å²) in [6.07, 6.45) is 0. The average Bonchev–Trinajstić information content (AvgIpc) is 2.85. The van der Waals surface area contributed by atoms with Gasteiger partial charge in [0.05, 0.1) is 5.52 Å². The Morgan fingerprint density at radius 1 is 1.25 bits per heavy atom. The van der Waals surface area contributed by atoms with E-state index in [9.17, 15) is 9.59 Å². The van der Waals surface area contributed by atoms with Crippen molar-refractivity contribution in [1.29, 1.82) is 0 Å². The molecule has 24 heavy (non-hydrogen) atoms.